The van der Waals surface area contributed by atoms with Crippen LogP contribution in [-0.4, -0.2) is 55.9 Å². The van der Waals surface area contributed by atoms with E-state index in [4.69, 9.17) is 0 Å². The van der Waals surface area contributed by atoms with Crippen molar-refractivity contribution in [2.75, 3.05) is 49.9 Å². The van der Waals surface area contributed by atoms with Crippen LogP contribution in [0.4, 0.5) is 11.4 Å². The lowest BCUT2D eigenvalue weighted by molar-refractivity contribution is 0.0978. The van der Waals surface area contributed by atoms with Gasteiger partial charge in [0.05, 0.1) is 16.7 Å². The molecule has 0 bridgehead atoms. The zero-order valence-electron chi connectivity index (χ0n) is 16.9. The van der Waals surface area contributed by atoms with Crippen LogP contribution in [0.2, 0.25) is 0 Å². The molecule has 0 atom stereocenters. The summed E-state index contributed by atoms with van der Waals surface area (Å²) >= 11 is 0. The van der Waals surface area contributed by atoms with Gasteiger partial charge in [-0.15, -0.1) is 0 Å². The number of rotatable bonds is 10. The maximum Gasteiger partial charge on any atom is 0.200 e. The molecule has 0 heterocycles. The van der Waals surface area contributed by atoms with Crippen molar-refractivity contribution in [1.29, 1.82) is 0 Å². The molecule has 0 fully saturated rings. The lowest BCUT2D eigenvalue weighted by atomic mass is 9.81. The van der Waals surface area contributed by atoms with E-state index in [1.165, 1.54) is 6.07 Å². The Morgan fingerprint density at radius 2 is 1.28 bits per heavy atom. The number of hydrogen-bond acceptors (Lipinski definition) is 7. The Morgan fingerprint density at radius 3 is 1.83 bits per heavy atom. The number of fused-ring (bicyclic) bond motifs is 2. The molecule has 2 aromatic carbocycles. The van der Waals surface area contributed by atoms with Crippen molar-refractivity contribution >= 4 is 22.9 Å². The minimum absolute atomic E-state index is 0.0736. The van der Waals surface area contributed by atoms with Gasteiger partial charge >= 0.3 is 0 Å². The van der Waals surface area contributed by atoms with Gasteiger partial charge in [0.25, 0.3) is 0 Å². The molecule has 0 aromatic heterocycles. The number of likely N-dealkylation sites (N-methyl/N-ethyl adjacent to an activating group) is 2. The molecular formula is C22H28N4O3. The Hall–Kier alpha value is -2.90. The van der Waals surface area contributed by atoms with Crippen molar-refractivity contribution < 1.29 is 14.7 Å². The molecule has 0 saturated carbocycles. The zero-order valence-corrected chi connectivity index (χ0v) is 16.9. The first kappa shape index (κ1) is 20.8. The molecule has 154 valence electrons. The molecule has 0 spiro atoms. The SMILES string of the molecule is CCNCCNc1ccc(NCCNCC)c2c1C(=O)c1cccc(O)c1C2=O. The van der Waals surface area contributed by atoms with E-state index in [1.54, 1.807) is 12.1 Å². The lowest BCUT2D eigenvalue weighted by Gasteiger charge is -2.24. The van der Waals surface area contributed by atoms with Gasteiger partial charge < -0.3 is 26.4 Å². The second-order valence-corrected chi connectivity index (χ2v) is 6.83. The Labute approximate surface area is 170 Å². The molecule has 7 heteroatoms. The van der Waals surface area contributed by atoms with Gasteiger partial charge in [-0.25, -0.2) is 0 Å². The summed E-state index contributed by atoms with van der Waals surface area (Å²) in [5, 5.41) is 23.2. The topological polar surface area (TPSA) is 102 Å². The van der Waals surface area contributed by atoms with Crippen LogP contribution in [0.15, 0.2) is 30.3 Å². The molecule has 1 aliphatic rings. The molecular weight excluding hydrogens is 368 g/mol. The number of carbonyl (C=O) groups excluding carboxylic acids is 2. The van der Waals surface area contributed by atoms with Crippen LogP contribution >= 0.6 is 0 Å². The smallest absolute Gasteiger partial charge is 0.200 e. The van der Waals surface area contributed by atoms with Gasteiger partial charge in [-0.3, -0.25) is 9.59 Å². The molecule has 0 aliphatic heterocycles. The Balaban J connectivity index is 2.01. The Bertz CT molecular complexity index is 911. The van der Waals surface area contributed by atoms with Crippen molar-refractivity contribution in [3.8, 4) is 5.75 Å². The second-order valence-electron chi connectivity index (χ2n) is 6.83. The number of carbonyl (C=O) groups is 2. The van der Waals surface area contributed by atoms with Gasteiger partial charge in [0.2, 0.25) is 0 Å². The quantitative estimate of drug-likeness (QED) is 0.335. The fraction of sp³-hybridized carbons (Fsp3) is 0.364. The van der Waals surface area contributed by atoms with Gasteiger partial charge in [0.1, 0.15) is 5.75 Å². The minimum atomic E-state index is -0.339. The highest BCUT2D eigenvalue weighted by Crippen LogP contribution is 2.39. The third-order valence-corrected chi connectivity index (χ3v) is 4.91. The first-order valence-electron chi connectivity index (χ1n) is 10.1. The van der Waals surface area contributed by atoms with E-state index < -0.39 is 0 Å². The van der Waals surface area contributed by atoms with Crippen LogP contribution < -0.4 is 21.3 Å². The van der Waals surface area contributed by atoms with E-state index in [2.05, 4.69) is 21.3 Å². The van der Waals surface area contributed by atoms with E-state index in [-0.39, 0.29) is 28.4 Å². The molecule has 0 amide bonds. The van der Waals surface area contributed by atoms with E-state index in [1.807, 2.05) is 26.0 Å². The summed E-state index contributed by atoms with van der Waals surface area (Å²) in [4.78, 5) is 26.6. The third-order valence-electron chi connectivity index (χ3n) is 4.91. The number of anilines is 2. The van der Waals surface area contributed by atoms with Crippen LogP contribution in [-0.2, 0) is 0 Å². The number of hydrogen-bond donors (Lipinski definition) is 5. The number of phenols is 1. The van der Waals surface area contributed by atoms with Gasteiger partial charge in [-0.2, -0.15) is 0 Å². The third kappa shape index (κ3) is 4.26. The molecule has 2 aromatic rings. The average molecular weight is 396 g/mol. The Kier molecular flexibility index (Phi) is 6.85. The fourth-order valence-electron chi connectivity index (χ4n) is 3.52. The normalized spacial score (nSPS) is 12.5. The fourth-order valence-corrected chi connectivity index (χ4v) is 3.52. The maximum absolute atomic E-state index is 13.3. The van der Waals surface area contributed by atoms with Crippen molar-refractivity contribution in [1.82, 2.24) is 10.6 Å². The highest BCUT2D eigenvalue weighted by molar-refractivity contribution is 6.32. The molecule has 1 aliphatic carbocycles. The summed E-state index contributed by atoms with van der Waals surface area (Å²) in [7, 11) is 0. The van der Waals surface area contributed by atoms with E-state index in [0.717, 1.165) is 26.2 Å². The molecule has 0 unspecified atom stereocenters. The molecule has 7 nitrogen and oxygen atoms in total. The molecule has 3 rings (SSSR count). The van der Waals surface area contributed by atoms with Gasteiger partial charge in [0, 0.05) is 43.1 Å². The molecule has 0 saturated heterocycles. The van der Waals surface area contributed by atoms with E-state index in [9.17, 15) is 14.7 Å². The first-order chi connectivity index (χ1) is 14.1. The number of ketones is 2. The van der Waals surface area contributed by atoms with Crippen LogP contribution in [0.1, 0.15) is 45.7 Å². The van der Waals surface area contributed by atoms with Gasteiger partial charge in [-0.05, 0) is 31.3 Å². The number of aromatic hydroxyl groups is 1. The minimum Gasteiger partial charge on any atom is -0.507 e. The lowest BCUT2D eigenvalue weighted by Crippen LogP contribution is -2.27. The monoisotopic (exact) mass is 396 g/mol. The predicted molar refractivity (Wildman–Crippen MR) is 115 cm³/mol. The number of benzene rings is 2. The second kappa shape index (κ2) is 9.54. The summed E-state index contributed by atoms with van der Waals surface area (Å²) in [6.07, 6.45) is 0. The molecule has 0 radical (unpaired) electrons. The maximum atomic E-state index is 13.3. The molecule has 5 N–H and O–H groups in total. The number of nitrogens with one attached hydrogen (secondary N) is 4. The van der Waals surface area contributed by atoms with Crippen LogP contribution in [0.5, 0.6) is 5.75 Å². The van der Waals surface area contributed by atoms with Crippen LogP contribution in [0.25, 0.3) is 0 Å². The van der Waals surface area contributed by atoms with Gasteiger partial charge in [0.15, 0.2) is 11.6 Å². The van der Waals surface area contributed by atoms with Gasteiger partial charge in [-0.1, -0.05) is 26.0 Å². The van der Waals surface area contributed by atoms with Crippen LogP contribution in [0, 0.1) is 0 Å². The first-order valence-corrected chi connectivity index (χ1v) is 10.1. The molecule has 29 heavy (non-hydrogen) atoms. The van der Waals surface area contributed by atoms with Crippen molar-refractivity contribution in [3.63, 3.8) is 0 Å². The van der Waals surface area contributed by atoms with Crippen LogP contribution in [0.3, 0.4) is 0 Å². The highest BCUT2D eigenvalue weighted by Gasteiger charge is 2.35. The Morgan fingerprint density at radius 1 is 0.724 bits per heavy atom. The summed E-state index contributed by atoms with van der Waals surface area (Å²) < 4.78 is 0. The highest BCUT2D eigenvalue weighted by atomic mass is 16.3. The van der Waals surface area contributed by atoms with Crippen molar-refractivity contribution in [2.45, 2.75) is 13.8 Å². The van der Waals surface area contributed by atoms with Crippen molar-refractivity contribution in [3.05, 3.63) is 52.6 Å². The summed E-state index contributed by atoms with van der Waals surface area (Å²) in [5.74, 6) is -0.767. The van der Waals surface area contributed by atoms with Crippen molar-refractivity contribution in [2.24, 2.45) is 0 Å². The average Bonchev–Trinajstić information content (AvgIpc) is 2.72. The summed E-state index contributed by atoms with van der Waals surface area (Å²) in [6, 6.07) is 8.26. The zero-order chi connectivity index (χ0) is 20.8. The van der Waals surface area contributed by atoms with E-state index in [0.29, 0.717) is 35.6 Å². The number of phenolic OH excluding ortho intramolecular Hbond substituents is 1. The largest absolute Gasteiger partial charge is 0.507 e. The summed E-state index contributed by atoms with van der Waals surface area (Å²) in [6.45, 7) is 8.49. The standard InChI is InChI=1S/C22H28N4O3/c1-3-23-10-12-25-15-8-9-16(26-13-11-24-4-2)20-19(15)21(28)14-6-5-7-17(27)18(14)22(20)29/h5-9,23-27H,3-4,10-13H2,1-2H3. The predicted octanol–water partition coefficient (Wildman–Crippen LogP) is 2.21. The van der Waals surface area contributed by atoms with E-state index >= 15 is 0 Å². The summed E-state index contributed by atoms with van der Waals surface area (Å²) in [5.41, 5.74) is 2.21.